The number of nitrogens with zero attached hydrogens (tertiary/aromatic N) is 1. The van der Waals surface area contributed by atoms with Gasteiger partial charge in [-0.15, -0.1) is 0 Å². The molecule has 0 unspecified atom stereocenters. The maximum absolute atomic E-state index is 11.3. The summed E-state index contributed by atoms with van der Waals surface area (Å²) in [5.41, 5.74) is 0. The molecule has 1 aliphatic heterocycles. The lowest BCUT2D eigenvalue weighted by atomic mass is 9.94. The van der Waals surface area contributed by atoms with Crippen molar-refractivity contribution >= 4 is 11.8 Å². The molecule has 1 rings (SSSR count). The number of ether oxygens (including phenoxy) is 1. The number of carbonyl (C=O) groups is 2. The number of Topliss-reactive ketones (excluding diaryl/α,β-unsaturated/α-hetero) is 1. The Kier molecular flexibility index (Phi) is 4.27. The average molecular weight is 213 g/mol. The molecule has 0 aromatic rings. The molecule has 0 aromatic carbocycles. The highest BCUT2D eigenvalue weighted by Gasteiger charge is 2.32. The first-order chi connectivity index (χ1) is 7.02. The standard InChI is InChI=1S/C11H19NO3/c1-4-10(13)9-5-12(6-9)7-11(14)15-8(2)3/h8-9H,4-7H2,1-3H3. The smallest absolute Gasteiger partial charge is 0.320 e. The molecule has 0 bridgehead atoms. The number of rotatable bonds is 5. The second-order valence-electron chi connectivity index (χ2n) is 4.25. The lowest BCUT2D eigenvalue weighted by Crippen LogP contribution is -2.52. The van der Waals surface area contributed by atoms with E-state index in [0.29, 0.717) is 31.8 Å². The first kappa shape index (κ1) is 12.2. The van der Waals surface area contributed by atoms with Crippen molar-refractivity contribution in [1.82, 2.24) is 4.90 Å². The van der Waals surface area contributed by atoms with Gasteiger partial charge in [0.15, 0.2) is 0 Å². The van der Waals surface area contributed by atoms with Gasteiger partial charge in [-0.3, -0.25) is 14.5 Å². The second kappa shape index (κ2) is 5.26. The minimum atomic E-state index is -0.201. The summed E-state index contributed by atoms with van der Waals surface area (Å²) >= 11 is 0. The minimum absolute atomic E-state index is 0.0631. The minimum Gasteiger partial charge on any atom is -0.462 e. The van der Waals surface area contributed by atoms with Gasteiger partial charge in [-0.05, 0) is 13.8 Å². The highest BCUT2D eigenvalue weighted by Crippen LogP contribution is 2.17. The fraction of sp³-hybridized carbons (Fsp3) is 0.818. The van der Waals surface area contributed by atoms with Crippen molar-refractivity contribution in [2.75, 3.05) is 19.6 Å². The van der Waals surface area contributed by atoms with Gasteiger partial charge >= 0.3 is 5.97 Å². The van der Waals surface area contributed by atoms with Crippen molar-refractivity contribution in [2.45, 2.75) is 33.3 Å². The fourth-order valence-corrected chi connectivity index (χ4v) is 1.67. The molecule has 86 valence electrons. The summed E-state index contributed by atoms with van der Waals surface area (Å²) in [4.78, 5) is 24.5. The van der Waals surface area contributed by atoms with E-state index < -0.39 is 0 Å². The van der Waals surface area contributed by atoms with Crippen LogP contribution >= 0.6 is 0 Å². The van der Waals surface area contributed by atoms with Crippen molar-refractivity contribution in [2.24, 2.45) is 5.92 Å². The van der Waals surface area contributed by atoms with E-state index in [1.165, 1.54) is 0 Å². The Balaban J connectivity index is 2.17. The van der Waals surface area contributed by atoms with Crippen LogP contribution in [0.3, 0.4) is 0 Å². The Morgan fingerprint density at radius 2 is 2.00 bits per heavy atom. The van der Waals surface area contributed by atoms with Gasteiger partial charge < -0.3 is 4.74 Å². The summed E-state index contributed by atoms with van der Waals surface area (Å²) in [5.74, 6) is 0.234. The molecule has 0 radical (unpaired) electrons. The molecule has 0 atom stereocenters. The lowest BCUT2D eigenvalue weighted by molar-refractivity contribution is -0.151. The zero-order valence-electron chi connectivity index (χ0n) is 9.66. The van der Waals surface area contributed by atoms with Crippen LogP contribution in [0.15, 0.2) is 0 Å². The van der Waals surface area contributed by atoms with Crippen LogP contribution in [0.2, 0.25) is 0 Å². The van der Waals surface area contributed by atoms with Crippen LogP contribution in [-0.4, -0.2) is 42.4 Å². The number of hydrogen-bond acceptors (Lipinski definition) is 4. The van der Waals surface area contributed by atoms with E-state index in [4.69, 9.17) is 4.74 Å². The van der Waals surface area contributed by atoms with Crippen molar-refractivity contribution < 1.29 is 14.3 Å². The summed E-state index contributed by atoms with van der Waals surface area (Å²) in [7, 11) is 0. The van der Waals surface area contributed by atoms with Gasteiger partial charge in [0.05, 0.1) is 12.6 Å². The Morgan fingerprint density at radius 3 is 2.47 bits per heavy atom. The Labute approximate surface area is 90.6 Å². The van der Waals surface area contributed by atoms with Gasteiger partial charge in [-0.1, -0.05) is 6.92 Å². The summed E-state index contributed by atoms with van der Waals surface area (Å²) in [6.07, 6.45) is 0.529. The van der Waals surface area contributed by atoms with Gasteiger partial charge in [-0.2, -0.15) is 0 Å². The predicted molar refractivity (Wildman–Crippen MR) is 56.5 cm³/mol. The molecule has 1 saturated heterocycles. The molecule has 0 saturated carbocycles. The lowest BCUT2D eigenvalue weighted by Gasteiger charge is -2.37. The molecule has 1 fully saturated rings. The second-order valence-corrected chi connectivity index (χ2v) is 4.25. The molecule has 1 aliphatic rings. The van der Waals surface area contributed by atoms with E-state index >= 15 is 0 Å². The Hall–Kier alpha value is -0.900. The molecule has 0 spiro atoms. The normalized spacial score (nSPS) is 17.6. The topological polar surface area (TPSA) is 46.6 Å². The number of hydrogen-bond donors (Lipinski definition) is 0. The maximum atomic E-state index is 11.3. The third kappa shape index (κ3) is 3.63. The number of carbonyl (C=O) groups excluding carboxylic acids is 2. The van der Waals surface area contributed by atoms with Gasteiger partial charge in [0.2, 0.25) is 0 Å². The summed E-state index contributed by atoms with van der Waals surface area (Å²) in [6.45, 7) is 7.26. The predicted octanol–water partition coefficient (Wildman–Crippen LogP) is 0.849. The molecule has 0 N–H and O–H groups in total. The van der Waals surface area contributed by atoms with Crippen molar-refractivity contribution in [3.05, 3.63) is 0 Å². The average Bonchev–Trinajstić information content (AvgIpc) is 2.08. The van der Waals surface area contributed by atoms with Crippen LogP contribution in [0, 0.1) is 5.92 Å². The van der Waals surface area contributed by atoms with Crippen LogP contribution in [0.25, 0.3) is 0 Å². The third-order valence-electron chi connectivity index (χ3n) is 2.48. The molecular formula is C11H19NO3. The zero-order chi connectivity index (χ0) is 11.4. The maximum Gasteiger partial charge on any atom is 0.320 e. The van der Waals surface area contributed by atoms with Gasteiger partial charge in [0, 0.05) is 25.4 Å². The summed E-state index contributed by atoms with van der Waals surface area (Å²) in [6, 6.07) is 0. The van der Waals surface area contributed by atoms with Crippen molar-refractivity contribution in [1.29, 1.82) is 0 Å². The number of likely N-dealkylation sites (tertiary alicyclic amines) is 1. The Bertz CT molecular complexity index is 244. The SMILES string of the molecule is CCC(=O)C1CN(CC(=O)OC(C)C)C1. The molecule has 4 nitrogen and oxygen atoms in total. The van der Waals surface area contributed by atoms with E-state index in [9.17, 15) is 9.59 Å². The van der Waals surface area contributed by atoms with Crippen molar-refractivity contribution in [3.63, 3.8) is 0 Å². The van der Waals surface area contributed by atoms with Gasteiger partial charge in [0.25, 0.3) is 0 Å². The van der Waals surface area contributed by atoms with E-state index in [-0.39, 0.29) is 18.0 Å². The zero-order valence-corrected chi connectivity index (χ0v) is 9.66. The quantitative estimate of drug-likeness (QED) is 0.635. The van der Waals surface area contributed by atoms with Crippen molar-refractivity contribution in [3.8, 4) is 0 Å². The van der Waals surface area contributed by atoms with Crippen LogP contribution in [0.1, 0.15) is 27.2 Å². The molecule has 0 amide bonds. The molecular weight excluding hydrogens is 194 g/mol. The van der Waals surface area contributed by atoms with Crippen LogP contribution in [0.5, 0.6) is 0 Å². The van der Waals surface area contributed by atoms with Gasteiger partial charge in [-0.25, -0.2) is 0 Å². The molecule has 1 heterocycles. The number of ketones is 1. The van der Waals surface area contributed by atoms with Crippen LogP contribution < -0.4 is 0 Å². The van der Waals surface area contributed by atoms with E-state index in [1.807, 2.05) is 25.7 Å². The van der Waals surface area contributed by atoms with E-state index in [1.54, 1.807) is 0 Å². The first-order valence-electron chi connectivity index (χ1n) is 5.47. The molecule has 0 aromatic heterocycles. The summed E-state index contributed by atoms with van der Waals surface area (Å²) in [5, 5.41) is 0. The molecule has 4 heteroatoms. The highest BCUT2D eigenvalue weighted by atomic mass is 16.5. The van der Waals surface area contributed by atoms with Crippen LogP contribution in [-0.2, 0) is 14.3 Å². The molecule has 15 heavy (non-hydrogen) atoms. The number of esters is 1. The first-order valence-corrected chi connectivity index (χ1v) is 5.47. The summed E-state index contributed by atoms with van der Waals surface area (Å²) < 4.78 is 5.01. The highest BCUT2D eigenvalue weighted by molar-refractivity contribution is 5.82. The van der Waals surface area contributed by atoms with E-state index in [2.05, 4.69) is 0 Å². The third-order valence-corrected chi connectivity index (χ3v) is 2.48. The van der Waals surface area contributed by atoms with Gasteiger partial charge in [0.1, 0.15) is 5.78 Å². The largest absolute Gasteiger partial charge is 0.462 e. The monoisotopic (exact) mass is 213 g/mol. The van der Waals surface area contributed by atoms with E-state index in [0.717, 1.165) is 0 Å². The molecule has 0 aliphatic carbocycles. The van der Waals surface area contributed by atoms with Crippen LogP contribution in [0.4, 0.5) is 0 Å². The fourth-order valence-electron chi connectivity index (χ4n) is 1.67. The Morgan fingerprint density at radius 1 is 1.40 bits per heavy atom.